The van der Waals surface area contributed by atoms with Crippen LogP contribution in [0.5, 0.6) is 0 Å². The van der Waals surface area contributed by atoms with Crippen LogP contribution in [-0.2, 0) is 4.79 Å². The molecule has 1 aliphatic carbocycles. The highest BCUT2D eigenvalue weighted by Gasteiger charge is 2.44. The summed E-state index contributed by atoms with van der Waals surface area (Å²) in [6.45, 7) is 12.1. The Morgan fingerprint density at radius 3 is 2.32 bits per heavy atom. The number of carbonyl (C=O) groups is 1. The molecule has 2 rings (SSSR count). The maximum absolute atomic E-state index is 12.2. The van der Waals surface area contributed by atoms with Gasteiger partial charge in [0.25, 0.3) is 0 Å². The summed E-state index contributed by atoms with van der Waals surface area (Å²) >= 11 is 0. The first-order valence-corrected chi connectivity index (χ1v) is 7.79. The number of rotatable bonds is 3. The lowest BCUT2D eigenvalue weighted by atomic mass is 9.63. The fourth-order valence-electron chi connectivity index (χ4n) is 4.53. The molecule has 1 unspecified atom stereocenters. The van der Waals surface area contributed by atoms with Crippen molar-refractivity contribution >= 4 is 5.91 Å². The smallest absolute Gasteiger partial charge is 0.238 e. The summed E-state index contributed by atoms with van der Waals surface area (Å²) in [5.74, 6) is 0.303. The second-order valence-corrected chi connectivity index (χ2v) is 8.05. The zero-order valence-electron chi connectivity index (χ0n) is 13.3. The van der Waals surface area contributed by atoms with Gasteiger partial charge in [-0.2, -0.15) is 0 Å². The van der Waals surface area contributed by atoms with E-state index in [0.717, 1.165) is 25.7 Å². The summed E-state index contributed by atoms with van der Waals surface area (Å²) in [7, 11) is 0. The summed E-state index contributed by atoms with van der Waals surface area (Å²) in [5, 5.41) is 3.39. The minimum Gasteiger partial charge on any atom is -0.323 e. The third-order valence-electron chi connectivity index (χ3n) is 4.60. The molecule has 3 heteroatoms. The summed E-state index contributed by atoms with van der Waals surface area (Å²) in [6, 6.07) is 0.415. The van der Waals surface area contributed by atoms with Crippen molar-refractivity contribution < 1.29 is 4.79 Å². The predicted molar refractivity (Wildman–Crippen MR) is 78.7 cm³/mol. The number of hydrogen-bond acceptors (Lipinski definition) is 2. The molecule has 2 aliphatic rings. The van der Waals surface area contributed by atoms with Crippen LogP contribution in [-0.4, -0.2) is 29.6 Å². The third kappa shape index (κ3) is 3.31. The Morgan fingerprint density at radius 2 is 1.79 bits per heavy atom. The molecule has 110 valence electrons. The minimum absolute atomic E-state index is 0.271. The molecule has 0 radical (unpaired) electrons. The van der Waals surface area contributed by atoms with E-state index >= 15 is 0 Å². The molecule has 0 aromatic heterocycles. The maximum atomic E-state index is 12.2. The summed E-state index contributed by atoms with van der Waals surface area (Å²) < 4.78 is 0. The van der Waals surface area contributed by atoms with E-state index < -0.39 is 0 Å². The molecule has 0 bridgehead atoms. The highest BCUT2D eigenvalue weighted by atomic mass is 16.2. The number of nitrogens with one attached hydrogen (secondary N) is 1. The first-order valence-electron chi connectivity index (χ1n) is 7.79. The summed E-state index contributed by atoms with van der Waals surface area (Å²) in [6.07, 6.45) is 6.01. The third-order valence-corrected chi connectivity index (χ3v) is 4.60. The van der Waals surface area contributed by atoms with Gasteiger partial charge in [-0.25, -0.2) is 0 Å². The molecule has 1 N–H and O–H groups in total. The highest BCUT2D eigenvalue weighted by Crippen LogP contribution is 2.47. The van der Waals surface area contributed by atoms with Gasteiger partial charge in [-0.3, -0.25) is 10.1 Å². The Labute approximate surface area is 118 Å². The van der Waals surface area contributed by atoms with Gasteiger partial charge in [0, 0.05) is 6.04 Å². The van der Waals surface area contributed by atoms with Crippen molar-refractivity contribution in [2.45, 2.75) is 78.9 Å². The van der Waals surface area contributed by atoms with Gasteiger partial charge in [0.1, 0.15) is 0 Å². The number of carbonyl (C=O) groups excluding carboxylic acids is 1. The van der Waals surface area contributed by atoms with Crippen LogP contribution in [0, 0.1) is 10.8 Å². The highest BCUT2D eigenvalue weighted by molar-refractivity contribution is 5.81. The zero-order valence-corrected chi connectivity index (χ0v) is 13.3. The molecule has 0 spiro atoms. The van der Waals surface area contributed by atoms with Crippen LogP contribution in [0.3, 0.4) is 0 Å². The Bertz CT molecular complexity index is 333. The number of nitrogens with zero attached hydrogens (tertiary/aromatic N) is 1. The predicted octanol–water partition coefficient (Wildman–Crippen LogP) is 3.15. The molecular formula is C16H30N2O. The Morgan fingerprint density at radius 1 is 1.21 bits per heavy atom. The van der Waals surface area contributed by atoms with Crippen molar-refractivity contribution in [1.29, 1.82) is 0 Å². The molecule has 0 aromatic carbocycles. The first kappa shape index (κ1) is 14.8. The number of amides is 1. The normalized spacial score (nSPS) is 30.9. The van der Waals surface area contributed by atoms with Crippen LogP contribution < -0.4 is 5.32 Å². The van der Waals surface area contributed by atoms with Gasteiger partial charge in [-0.1, -0.05) is 41.0 Å². The van der Waals surface area contributed by atoms with Crippen molar-refractivity contribution in [2.24, 2.45) is 10.8 Å². The van der Waals surface area contributed by atoms with Gasteiger partial charge in [0.2, 0.25) is 5.91 Å². The summed E-state index contributed by atoms with van der Waals surface area (Å²) in [4.78, 5) is 14.4. The molecule has 1 saturated carbocycles. The van der Waals surface area contributed by atoms with Crippen LogP contribution in [0.15, 0.2) is 0 Å². The van der Waals surface area contributed by atoms with Crippen LogP contribution in [0.2, 0.25) is 0 Å². The van der Waals surface area contributed by atoms with Crippen LogP contribution >= 0.6 is 0 Å². The van der Waals surface area contributed by atoms with Crippen molar-refractivity contribution in [3.63, 3.8) is 0 Å². The zero-order chi connectivity index (χ0) is 14.3. The van der Waals surface area contributed by atoms with Crippen LogP contribution in [0.1, 0.15) is 66.7 Å². The number of hydrogen-bond donors (Lipinski definition) is 1. The molecule has 1 atom stereocenters. The second-order valence-electron chi connectivity index (χ2n) is 8.05. The lowest BCUT2D eigenvalue weighted by molar-refractivity contribution is -0.133. The Hall–Kier alpha value is -0.570. The van der Waals surface area contributed by atoms with Crippen molar-refractivity contribution in [3.8, 4) is 0 Å². The van der Waals surface area contributed by atoms with E-state index in [-0.39, 0.29) is 6.17 Å². The van der Waals surface area contributed by atoms with Crippen LogP contribution in [0.4, 0.5) is 0 Å². The lowest BCUT2D eigenvalue weighted by Gasteiger charge is -2.48. The molecule has 3 nitrogen and oxygen atoms in total. The van der Waals surface area contributed by atoms with E-state index in [2.05, 4.69) is 44.8 Å². The van der Waals surface area contributed by atoms with Crippen LogP contribution in [0.25, 0.3) is 0 Å². The SMILES string of the molecule is CCCC1NCC(=O)N1C1CC(C)(C)CC(C)(C)C1. The lowest BCUT2D eigenvalue weighted by Crippen LogP contribution is -2.51. The molecule has 1 heterocycles. The van der Waals surface area contributed by atoms with Gasteiger partial charge < -0.3 is 4.90 Å². The van der Waals surface area contributed by atoms with Gasteiger partial charge >= 0.3 is 0 Å². The van der Waals surface area contributed by atoms with Gasteiger partial charge in [0.05, 0.1) is 12.7 Å². The molecule has 2 fully saturated rings. The topological polar surface area (TPSA) is 32.3 Å². The second kappa shape index (κ2) is 5.08. The average molecular weight is 266 g/mol. The van der Waals surface area contributed by atoms with Gasteiger partial charge in [-0.05, 0) is 36.5 Å². The molecule has 1 amide bonds. The van der Waals surface area contributed by atoms with E-state index in [4.69, 9.17) is 0 Å². The largest absolute Gasteiger partial charge is 0.323 e. The average Bonchev–Trinajstić information content (AvgIpc) is 2.55. The van der Waals surface area contributed by atoms with E-state index in [0.29, 0.717) is 29.3 Å². The quantitative estimate of drug-likeness (QED) is 0.851. The maximum Gasteiger partial charge on any atom is 0.238 e. The van der Waals surface area contributed by atoms with Gasteiger partial charge in [0.15, 0.2) is 0 Å². The molecule has 1 saturated heterocycles. The van der Waals surface area contributed by atoms with E-state index in [1.54, 1.807) is 0 Å². The molecular weight excluding hydrogens is 236 g/mol. The van der Waals surface area contributed by atoms with Gasteiger partial charge in [-0.15, -0.1) is 0 Å². The van der Waals surface area contributed by atoms with E-state index in [1.165, 1.54) is 6.42 Å². The summed E-state index contributed by atoms with van der Waals surface area (Å²) in [5.41, 5.74) is 0.679. The minimum atomic E-state index is 0.271. The fraction of sp³-hybridized carbons (Fsp3) is 0.938. The van der Waals surface area contributed by atoms with Crippen molar-refractivity contribution in [2.75, 3.05) is 6.54 Å². The van der Waals surface area contributed by atoms with E-state index in [1.807, 2.05) is 0 Å². The first-order chi connectivity index (χ1) is 8.74. The monoisotopic (exact) mass is 266 g/mol. The molecule has 19 heavy (non-hydrogen) atoms. The van der Waals surface area contributed by atoms with Crippen molar-refractivity contribution in [1.82, 2.24) is 10.2 Å². The molecule has 0 aromatic rings. The molecule has 1 aliphatic heterocycles. The standard InChI is InChI=1S/C16H30N2O/c1-6-7-13-17-10-14(19)18(13)12-8-15(2,3)11-16(4,5)9-12/h12-13,17H,6-11H2,1-5H3. The van der Waals surface area contributed by atoms with E-state index in [9.17, 15) is 4.79 Å². The Kier molecular flexibility index (Phi) is 3.97. The van der Waals surface area contributed by atoms with Crippen molar-refractivity contribution in [3.05, 3.63) is 0 Å². The Balaban J connectivity index is 2.17. The fourth-order valence-corrected chi connectivity index (χ4v) is 4.53.